The Morgan fingerprint density at radius 3 is 2.83 bits per heavy atom. The molecule has 1 heterocycles. The fourth-order valence-electron chi connectivity index (χ4n) is 2.77. The van der Waals surface area contributed by atoms with Gasteiger partial charge in [-0.25, -0.2) is 0 Å². The van der Waals surface area contributed by atoms with Crippen LogP contribution >= 0.6 is 0 Å². The van der Waals surface area contributed by atoms with E-state index in [2.05, 4.69) is 11.4 Å². The molecule has 0 unspecified atom stereocenters. The number of benzene rings is 2. The van der Waals surface area contributed by atoms with E-state index in [0.29, 0.717) is 25.5 Å². The predicted octanol–water partition coefficient (Wildman–Crippen LogP) is 4.05. The van der Waals surface area contributed by atoms with E-state index in [1.165, 1.54) is 0 Å². The molecule has 3 rings (SSSR count). The Morgan fingerprint density at radius 1 is 1.17 bits per heavy atom. The molecule has 0 fully saturated rings. The van der Waals surface area contributed by atoms with E-state index in [1.54, 1.807) is 0 Å². The molecule has 0 saturated heterocycles. The van der Waals surface area contributed by atoms with Crippen molar-refractivity contribution in [2.45, 2.75) is 20.3 Å². The number of ether oxygens (including phenoxy) is 1. The number of nitrogens with one attached hydrogen (secondary N) is 1. The van der Waals surface area contributed by atoms with Crippen molar-refractivity contribution < 1.29 is 13.9 Å². The van der Waals surface area contributed by atoms with E-state index in [9.17, 15) is 4.79 Å². The third-order valence-electron chi connectivity index (χ3n) is 3.99. The van der Waals surface area contributed by atoms with Crippen molar-refractivity contribution in [1.82, 2.24) is 5.32 Å². The van der Waals surface area contributed by atoms with Crippen molar-refractivity contribution in [3.05, 3.63) is 47.7 Å². The highest BCUT2D eigenvalue weighted by Gasteiger charge is 2.18. The Kier molecular flexibility index (Phi) is 4.63. The molecule has 0 aliphatic heterocycles. The highest BCUT2D eigenvalue weighted by atomic mass is 16.5. The first-order valence-corrected chi connectivity index (χ1v) is 7.99. The van der Waals surface area contributed by atoms with Crippen molar-refractivity contribution in [1.29, 1.82) is 0 Å². The summed E-state index contributed by atoms with van der Waals surface area (Å²) in [5.74, 6) is 0.229. The normalized spacial score (nSPS) is 11.2. The molecule has 0 spiro atoms. The maximum atomic E-state index is 12.4. The highest BCUT2D eigenvalue weighted by Crippen LogP contribution is 2.31. The number of amides is 1. The maximum Gasteiger partial charge on any atom is 0.287 e. The van der Waals surface area contributed by atoms with Crippen LogP contribution in [0.1, 0.15) is 29.5 Å². The minimum Gasteiger partial charge on any atom is -0.450 e. The van der Waals surface area contributed by atoms with E-state index in [0.717, 1.165) is 33.7 Å². The van der Waals surface area contributed by atoms with Crippen molar-refractivity contribution in [3.63, 3.8) is 0 Å². The van der Waals surface area contributed by atoms with E-state index in [4.69, 9.17) is 9.15 Å². The van der Waals surface area contributed by atoms with E-state index < -0.39 is 0 Å². The molecular weight excluding hydrogens is 290 g/mol. The lowest BCUT2D eigenvalue weighted by atomic mass is 10.1. The molecule has 0 aliphatic rings. The molecule has 2 aromatic carbocycles. The summed E-state index contributed by atoms with van der Waals surface area (Å²) in [4.78, 5) is 12.4. The molecule has 0 atom stereocenters. The monoisotopic (exact) mass is 311 g/mol. The average Bonchev–Trinajstić information content (AvgIpc) is 2.92. The Bertz CT molecular complexity index is 835. The molecule has 0 radical (unpaired) electrons. The van der Waals surface area contributed by atoms with Gasteiger partial charge in [-0.1, -0.05) is 36.4 Å². The van der Waals surface area contributed by atoms with Crippen LogP contribution in [0.25, 0.3) is 21.7 Å². The van der Waals surface area contributed by atoms with Gasteiger partial charge in [-0.15, -0.1) is 0 Å². The van der Waals surface area contributed by atoms with Gasteiger partial charge in [-0.2, -0.15) is 0 Å². The summed E-state index contributed by atoms with van der Waals surface area (Å²) >= 11 is 0. The third-order valence-corrected chi connectivity index (χ3v) is 3.99. The second-order valence-electron chi connectivity index (χ2n) is 5.53. The molecule has 1 N–H and O–H groups in total. The molecule has 4 heteroatoms. The fraction of sp³-hybridized carbons (Fsp3) is 0.316. The summed E-state index contributed by atoms with van der Waals surface area (Å²) in [6.45, 7) is 5.82. The number of hydrogen-bond donors (Lipinski definition) is 1. The molecule has 23 heavy (non-hydrogen) atoms. The quantitative estimate of drug-likeness (QED) is 0.699. The number of hydrogen-bond acceptors (Lipinski definition) is 3. The van der Waals surface area contributed by atoms with Gasteiger partial charge in [0.2, 0.25) is 0 Å². The van der Waals surface area contributed by atoms with Gasteiger partial charge in [0.25, 0.3) is 5.91 Å². The lowest BCUT2D eigenvalue weighted by Crippen LogP contribution is -2.25. The molecule has 120 valence electrons. The lowest BCUT2D eigenvalue weighted by Gasteiger charge is -2.04. The van der Waals surface area contributed by atoms with Crippen molar-refractivity contribution in [2.75, 3.05) is 19.8 Å². The predicted molar refractivity (Wildman–Crippen MR) is 91.9 cm³/mol. The van der Waals surface area contributed by atoms with Gasteiger partial charge >= 0.3 is 0 Å². The fourth-order valence-corrected chi connectivity index (χ4v) is 2.77. The summed E-state index contributed by atoms with van der Waals surface area (Å²) < 4.78 is 11.2. The summed E-state index contributed by atoms with van der Waals surface area (Å²) in [5.41, 5.74) is 1.66. The van der Waals surface area contributed by atoms with Crippen molar-refractivity contribution in [3.8, 4) is 0 Å². The summed E-state index contributed by atoms with van der Waals surface area (Å²) in [5, 5.41) is 6.02. The molecule has 0 saturated carbocycles. The van der Waals surface area contributed by atoms with Gasteiger partial charge in [0.15, 0.2) is 5.76 Å². The van der Waals surface area contributed by atoms with Crippen LogP contribution in [0.4, 0.5) is 0 Å². The van der Waals surface area contributed by atoms with Gasteiger partial charge in [0.1, 0.15) is 5.58 Å². The third kappa shape index (κ3) is 3.08. The smallest absolute Gasteiger partial charge is 0.287 e. The van der Waals surface area contributed by atoms with Crippen LogP contribution in [0.2, 0.25) is 0 Å². The van der Waals surface area contributed by atoms with Crippen LogP contribution in [-0.2, 0) is 4.74 Å². The van der Waals surface area contributed by atoms with E-state index in [1.807, 2.05) is 44.2 Å². The number of rotatable bonds is 6. The first-order valence-electron chi connectivity index (χ1n) is 7.99. The van der Waals surface area contributed by atoms with Crippen LogP contribution in [0.3, 0.4) is 0 Å². The number of fused-ring (bicyclic) bond motifs is 3. The zero-order valence-corrected chi connectivity index (χ0v) is 13.5. The van der Waals surface area contributed by atoms with E-state index in [-0.39, 0.29) is 5.91 Å². The SMILES string of the molecule is CCOCCCNC(=O)c1oc2c(ccc3ccccc32)c1C. The van der Waals surface area contributed by atoms with Gasteiger partial charge in [-0.3, -0.25) is 4.79 Å². The first-order chi connectivity index (χ1) is 11.2. The summed E-state index contributed by atoms with van der Waals surface area (Å²) in [6, 6.07) is 12.1. The molecule has 1 amide bonds. The highest BCUT2D eigenvalue weighted by molar-refractivity contribution is 6.08. The van der Waals surface area contributed by atoms with Crippen molar-refractivity contribution in [2.24, 2.45) is 0 Å². The first kappa shape index (κ1) is 15.6. The molecule has 0 bridgehead atoms. The van der Waals surface area contributed by atoms with Crippen molar-refractivity contribution >= 4 is 27.6 Å². The Morgan fingerprint density at radius 2 is 2.00 bits per heavy atom. The van der Waals surface area contributed by atoms with Gasteiger partial charge < -0.3 is 14.5 Å². The molecule has 3 aromatic rings. The van der Waals surface area contributed by atoms with Crippen LogP contribution in [0.5, 0.6) is 0 Å². The minimum atomic E-state index is -0.167. The van der Waals surface area contributed by atoms with Gasteiger partial charge in [0, 0.05) is 36.1 Å². The molecule has 1 aromatic heterocycles. The van der Waals surface area contributed by atoms with Gasteiger partial charge in [-0.05, 0) is 25.7 Å². The summed E-state index contributed by atoms with van der Waals surface area (Å²) in [7, 11) is 0. The second-order valence-corrected chi connectivity index (χ2v) is 5.53. The van der Waals surface area contributed by atoms with Crippen LogP contribution < -0.4 is 5.32 Å². The zero-order valence-electron chi connectivity index (χ0n) is 13.5. The summed E-state index contributed by atoms with van der Waals surface area (Å²) in [6.07, 6.45) is 0.793. The molecular formula is C19H21NO3. The van der Waals surface area contributed by atoms with E-state index >= 15 is 0 Å². The number of carbonyl (C=O) groups excluding carboxylic acids is 1. The number of furan rings is 1. The minimum absolute atomic E-state index is 0.167. The maximum absolute atomic E-state index is 12.4. The lowest BCUT2D eigenvalue weighted by molar-refractivity contribution is 0.0918. The van der Waals surface area contributed by atoms with Crippen LogP contribution in [0, 0.1) is 6.92 Å². The largest absolute Gasteiger partial charge is 0.450 e. The van der Waals surface area contributed by atoms with Crippen LogP contribution in [-0.4, -0.2) is 25.7 Å². The van der Waals surface area contributed by atoms with Gasteiger partial charge in [0.05, 0.1) is 0 Å². The topological polar surface area (TPSA) is 51.5 Å². The molecule has 0 aliphatic carbocycles. The number of aryl methyl sites for hydroxylation is 1. The van der Waals surface area contributed by atoms with Crippen LogP contribution in [0.15, 0.2) is 40.8 Å². The average molecular weight is 311 g/mol. The zero-order chi connectivity index (χ0) is 16.2. The standard InChI is InChI=1S/C19H21NO3/c1-3-22-12-6-11-20-19(21)17-13(2)15-10-9-14-7-4-5-8-16(14)18(15)23-17/h4-5,7-10H,3,6,11-12H2,1-2H3,(H,20,21). The number of carbonyl (C=O) groups is 1. The molecule has 4 nitrogen and oxygen atoms in total. The Hall–Kier alpha value is -2.33. The second kappa shape index (κ2) is 6.84. The Labute approximate surface area is 135 Å². The Balaban J connectivity index is 1.85.